The van der Waals surface area contributed by atoms with Crippen LogP contribution in [0.15, 0.2) is 42.5 Å². The van der Waals surface area contributed by atoms with Gasteiger partial charge >= 0.3 is 0 Å². The van der Waals surface area contributed by atoms with Gasteiger partial charge in [0, 0.05) is 38.3 Å². The summed E-state index contributed by atoms with van der Waals surface area (Å²) < 4.78 is 14.4. The Kier molecular flexibility index (Phi) is 5.57. The lowest BCUT2D eigenvalue weighted by Gasteiger charge is -2.36. The van der Waals surface area contributed by atoms with Crippen molar-refractivity contribution in [3.8, 4) is 0 Å². The normalized spacial score (nSPS) is 21.0. The van der Waals surface area contributed by atoms with E-state index in [1.54, 1.807) is 23.1 Å². The number of pyridine rings is 1. The summed E-state index contributed by atoms with van der Waals surface area (Å²) >= 11 is 0. The first-order valence-electron chi connectivity index (χ1n) is 10.1. The highest BCUT2D eigenvalue weighted by molar-refractivity contribution is 5.93. The summed E-state index contributed by atoms with van der Waals surface area (Å²) in [7, 11) is 2.12. The number of likely N-dealkylation sites (N-methyl/N-ethyl adjacent to an activating group) is 1. The molecule has 5 nitrogen and oxygen atoms in total. The maximum atomic E-state index is 14.4. The van der Waals surface area contributed by atoms with Gasteiger partial charge < -0.3 is 14.7 Å². The molecule has 0 saturated carbocycles. The van der Waals surface area contributed by atoms with Crippen LogP contribution in [0.1, 0.15) is 41.4 Å². The number of benzene rings is 1. The van der Waals surface area contributed by atoms with E-state index in [0.717, 1.165) is 51.3 Å². The largest absolute Gasteiger partial charge is 0.354 e. The molecular formula is C22H27FN4O. The Morgan fingerprint density at radius 3 is 2.57 bits per heavy atom. The smallest absolute Gasteiger partial charge is 0.273 e. The lowest BCUT2D eigenvalue weighted by atomic mass is 9.94. The SMILES string of the molecule is CN1CCN(c2cccc(C(=O)N3CCCC[C@@H]3c3ccccc3F)n2)CC1. The summed E-state index contributed by atoms with van der Waals surface area (Å²) in [6.45, 7) is 4.42. The van der Waals surface area contributed by atoms with E-state index >= 15 is 0 Å². The van der Waals surface area contributed by atoms with Crippen molar-refractivity contribution in [2.75, 3.05) is 44.7 Å². The Morgan fingerprint density at radius 2 is 1.79 bits per heavy atom. The molecule has 2 fully saturated rings. The summed E-state index contributed by atoms with van der Waals surface area (Å²) in [6.07, 6.45) is 2.72. The molecule has 1 atom stereocenters. The molecule has 1 aromatic heterocycles. The van der Waals surface area contributed by atoms with Gasteiger partial charge in [-0.15, -0.1) is 0 Å². The third kappa shape index (κ3) is 3.87. The van der Waals surface area contributed by atoms with Gasteiger partial charge in [-0.05, 0) is 44.5 Å². The number of aromatic nitrogens is 1. The number of nitrogens with zero attached hydrogens (tertiary/aromatic N) is 4. The fourth-order valence-corrected chi connectivity index (χ4v) is 4.14. The lowest BCUT2D eigenvalue weighted by molar-refractivity contribution is 0.0601. The van der Waals surface area contributed by atoms with E-state index < -0.39 is 0 Å². The van der Waals surface area contributed by atoms with Gasteiger partial charge in [0.15, 0.2) is 0 Å². The number of hydrogen-bond donors (Lipinski definition) is 0. The van der Waals surface area contributed by atoms with Crippen LogP contribution in [0.2, 0.25) is 0 Å². The van der Waals surface area contributed by atoms with Crippen LogP contribution >= 0.6 is 0 Å². The highest BCUT2D eigenvalue weighted by atomic mass is 19.1. The Morgan fingerprint density at radius 1 is 1.00 bits per heavy atom. The van der Waals surface area contributed by atoms with Crippen molar-refractivity contribution in [2.24, 2.45) is 0 Å². The van der Waals surface area contributed by atoms with Crippen molar-refractivity contribution >= 4 is 11.7 Å². The van der Waals surface area contributed by atoms with Crippen LogP contribution in [0.5, 0.6) is 0 Å². The minimum absolute atomic E-state index is 0.107. The maximum Gasteiger partial charge on any atom is 0.273 e. The highest BCUT2D eigenvalue weighted by Crippen LogP contribution is 2.33. The van der Waals surface area contributed by atoms with Gasteiger partial charge in [-0.25, -0.2) is 9.37 Å². The number of piperidine rings is 1. The van der Waals surface area contributed by atoms with Gasteiger partial charge in [-0.2, -0.15) is 0 Å². The number of rotatable bonds is 3. The third-order valence-corrected chi connectivity index (χ3v) is 5.81. The van der Waals surface area contributed by atoms with Crippen LogP contribution in [0.3, 0.4) is 0 Å². The summed E-state index contributed by atoms with van der Waals surface area (Å²) in [6, 6.07) is 12.2. The molecule has 0 spiro atoms. The number of piperazine rings is 1. The Labute approximate surface area is 165 Å². The first kappa shape index (κ1) is 18.9. The topological polar surface area (TPSA) is 39.7 Å². The van der Waals surface area contributed by atoms with E-state index in [4.69, 9.17) is 0 Å². The zero-order valence-corrected chi connectivity index (χ0v) is 16.4. The fourth-order valence-electron chi connectivity index (χ4n) is 4.14. The molecule has 3 heterocycles. The first-order valence-corrected chi connectivity index (χ1v) is 10.1. The maximum absolute atomic E-state index is 14.4. The van der Waals surface area contributed by atoms with Crippen LogP contribution < -0.4 is 4.90 Å². The second kappa shape index (κ2) is 8.27. The van der Waals surface area contributed by atoms with Gasteiger partial charge in [-0.1, -0.05) is 24.3 Å². The first-order chi connectivity index (χ1) is 13.6. The van der Waals surface area contributed by atoms with Gasteiger partial charge in [0.1, 0.15) is 17.3 Å². The minimum Gasteiger partial charge on any atom is -0.354 e. The standard InChI is InChI=1S/C22H27FN4O/c1-25-13-15-26(16-14-25)21-11-6-9-19(24-21)22(28)27-12-5-4-10-20(27)17-7-2-3-8-18(17)23/h2-3,6-9,11,20H,4-5,10,12-16H2,1H3/t20-/m1/s1. The molecule has 28 heavy (non-hydrogen) atoms. The van der Waals surface area contributed by atoms with E-state index in [-0.39, 0.29) is 17.8 Å². The summed E-state index contributed by atoms with van der Waals surface area (Å²) in [5, 5.41) is 0. The van der Waals surface area contributed by atoms with Gasteiger partial charge in [0.2, 0.25) is 0 Å². The van der Waals surface area contributed by atoms with E-state index in [0.29, 0.717) is 17.8 Å². The van der Waals surface area contributed by atoms with Crippen LogP contribution in [-0.4, -0.2) is 60.5 Å². The van der Waals surface area contributed by atoms with Crippen LogP contribution in [0, 0.1) is 5.82 Å². The predicted molar refractivity (Wildman–Crippen MR) is 108 cm³/mol. The zero-order valence-electron chi connectivity index (χ0n) is 16.4. The lowest BCUT2D eigenvalue weighted by Crippen LogP contribution is -2.45. The molecule has 6 heteroatoms. The predicted octanol–water partition coefficient (Wildman–Crippen LogP) is 3.34. The van der Waals surface area contributed by atoms with Gasteiger partial charge in [0.25, 0.3) is 5.91 Å². The van der Waals surface area contributed by atoms with Crippen LogP contribution in [0.4, 0.5) is 10.2 Å². The van der Waals surface area contributed by atoms with Crippen molar-refractivity contribution in [3.05, 3.63) is 59.5 Å². The molecule has 0 bridgehead atoms. The van der Waals surface area contributed by atoms with Crippen molar-refractivity contribution in [3.63, 3.8) is 0 Å². The number of halogens is 1. The van der Waals surface area contributed by atoms with Crippen molar-refractivity contribution in [2.45, 2.75) is 25.3 Å². The molecule has 2 aliphatic heterocycles. The number of anilines is 1. The molecular weight excluding hydrogens is 355 g/mol. The van der Waals surface area contributed by atoms with E-state index in [9.17, 15) is 9.18 Å². The summed E-state index contributed by atoms with van der Waals surface area (Å²) in [4.78, 5) is 24.3. The van der Waals surface area contributed by atoms with Gasteiger partial charge in [0.05, 0.1) is 6.04 Å². The number of hydrogen-bond acceptors (Lipinski definition) is 4. The summed E-state index contributed by atoms with van der Waals surface area (Å²) in [5.74, 6) is 0.494. The number of amides is 1. The average molecular weight is 382 g/mol. The summed E-state index contributed by atoms with van der Waals surface area (Å²) in [5.41, 5.74) is 1.05. The molecule has 2 aliphatic rings. The number of likely N-dealkylation sites (tertiary alicyclic amines) is 1. The monoisotopic (exact) mass is 382 g/mol. The second-order valence-corrected chi connectivity index (χ2v) is 7.70. The van der Waals surface area contributed by atoms with E-state index in [1.807, 2.05) is 18.2 Å². The molecule has 0 unspecified atom stereocenters. The van der Waals surface area contributed by atoms with E-state index in [1.165, 1.54) is 6.07 Å². The molecule has 1 aromatic carbocycles. The minimum atomic E-state index is -0.244. The molecule has 2 saturated heterocycles. The molecule has 4 rings (SSSR count). The fraction of sp³-hybridized carbons (Fsp3) is 0.455. The Hall–Kier alpha value is -2.47. The number of carbonyl (C=O) groups excluding carboxylic acids is 1. The Bertz CT molecular complexity index is 835. The van der Waals surface area contributed by atoms with Crippen LogP contribution in [-0.2, 0) is 0 Å². The quantitative estimate of drug-likeness (QED) is 0.816. The molecule has 1 amide bonds. The molecule has 148 valence electrons. The Balaban J connectivity index is 1.57. The van der Waals surface area contributed by atoms with Gasteiger partial charge in [-0.3, -0.25) is 4.79 Å². The second-order valence-electron chi connectivity index (χ2n) is 7.70. The van der Waals surface area contributed by atoms with Crippen molar-refractivity contribution in [1.29, 1.82) is 0 Å². The number of carbonyl (C=O) groups is 1. The van der Waals surface area contributed by atoms with E-state index in [2.05, 4.69) is 21.8 Å². The molecule has 0 radical (unpaired) electrons. The molecule has 2 aromatic rings. The highest BCUT2D eigenvalue weighted by Gasteiger charge is 2.31. The van der Waals surface area contributed by atoms with Crippen LogP contribution in [0.25, 0.3) is 0 Å². The zero-order chi connectivity index (χ0) is 19.5. The van der Waals surface area contributed by atoms with Crippen molar-refractivity contribution in [1.82, 2.24) is 14.8 Å². The van der Waals surface area contributed by atoms with Crippen molar-refractivity contribution < 1.29 is 9.18 Å². The molecule has 0 aliphatic carbocycles. The average Bonchev–Trinajstić information content (AvgIpc) is 2.74. The third-order valence-electron chi connectivity index (χ3n) is 5.81. The molecule has 0 N–H and O–H groups in total.